The van der Waals surface area contributed by atoms with E-state index in [-0.39, 0.29) is 0 Å². The van der Waals surface area contributed by atoms with Gasteiger partial charge in [-0.05, 0) is 41.8 Å². The van der Waals surface area contributed by atoms with Gasteiger partial charge in [0.05, 0.1) is 12.2 Å². The fourth-order valence-corrected chi connectivity index (χ4v) is 3.38. The topological polar surface area (TPSA) is 57.7 Å². The minimum atomic E-state index is 0.405. The van der Waals surface area contributed by atoms with E-state index in [0.717, 1.165) is 30.9 Å². The summed E-state index contributed by atoms with van der Waals surface area (Å²) in [4.78, 5) is 16.4. The van der Waals surface area contributed by atoms with Crippen LogP contribution in [0, 0.1) is 11.8 Å². The van der Waals surface area contributed by atoms with Crippen LogP contribution in [0.2, 0.25) is 0 Å². The number of benzene rings is 2. The number of aromatic nitrogens is 1. The van der Waals surface area contributed by atoms with Gasteiger partial charge in [-0.25, -0.2) is 0 Å². The fourth-order valence-electron chi connectivity index (χ4n) is 3.38. The first kappa shape index (κ1) is 14.8. The zero-order chi connectivity index (χ0) is 16.5. The second kappa shape index (κ2) is 6.00. The lowest BCUT2D eigenvalue weighted by atomic mass is 10.1. The lowest BCUT2D eigenvalue weighted by molar-refractivity contribution is 0.308. The first-order chi connectivity index (χ1) is 11.8. The number of rotatable bonds is 4. The second-order valence-corrected chi connectivity index (χ2v) is 6.14. The number of para-hydroxylation sites is 1. The number of H-pyrrole nitrogens is 1. The van der Waals surface area contributed by atoms with Gasteiger partial charge in [-0.2, -0.15) is 0 Å². The number of anilines is 1. The van der Waals surface area contributed by atoms with Crippen LogP contribution in [0.4, 0.5) is 11.4 Å². The molecule has 0 fully saturated rings. The Morgan fingerprint density at radius 2 is 2.21 bits per heavy atom. The average Bonchev–Trinajstić information content (AvgIpc) is 3.04. The maximum Gasteiger partial charge on any atom is 0.144 e. The molecule has 0 atom stereocenters. The SMILES string of the molecule is Cc1cccc2c(CCN3CCOc4cc(N=O)ccc43)c[nH]c12. The molecule has 1 N–H and O–H groups in total. The zero-order valence-electron chi connectivity index (χ0n) is 13.6. The molecule has 3 aromatic rings. The summed E-state index contributed by atoms with van der Waals surface area (Å²) in [7, 11) is 0. The van der Waals surface area contributed by atoms with Crippen LogP contribution >= 0.6 is 0 Å². The van der Waals surface area contributed by atoms with Gasteiger partial charge in [-0.15, -0.1) is 4.91 Å². The first-order valence-corrected chi connectivity index (χ1v) is 8.17. The molecule has 1 aliphatic heterocycles. The number of aryl methyl sites for hydroxylation is 1. The van der Waals surface area contributed by atoms with Crippen LogP contribution in [-0.4, -0.2) is 24.7 Å². The molecule has 0 saturated carbocycles. The van der Waals surface area contributed by atoms with Crippen molar-refractivity contribution < 1.29 is 4.74 Å². The molecule has 0 bridgehead atoms. The van der Waals surface area contributed by atoms with Gasteiger partial charge in [0.1, 0.15) is 18.0 Å². The summed E-state index contributed by atoms with van der Waals surface area (Å²) in [6.45, 7) is 4.51. The van der Waals surface area contributed by atoms with Crippen LogP contribution in [-0.2, 0) is 6.42 Å². The van der Waals surface area contributed by atoms with Crippen molar-refractivity contribution in [1.29, 1.82) is 0 Å². The van der Waals surface area contributed by atoms with E-state index in [1.807, 2.05) is 6.07 Å². The number of nitrogens with one attached hydrogen (secondary N) is 1. The summed E-state index contributed by atoms with van der Waals surface area (Å²) in [5, 5.41) is 4.28. The monoisotopic (exact) mass is 321 g/mol. The number of nitrogens with zero attached hydrogens (tertiary/aromatic N) is 2. The van der Waals surface area contributed by atoms with Crippen molar-refractivity contribution in [2.24, 2.45) is 5.18 Å². The van der Waals surface area contributed by atoms with Crippen molar-refractivity contribution in [1.82, 2.24) is 4.98 Å². The highest BCUT2D eigenvalue weighted by Gasteiger charge is 2.19. The Bertz CT molecular complexity index is 901. The Morgan fingerprint density at radius 3 is 3.08 bits per heavy atom. The van der Waals surface area contributed by atoms with E-state index < -0.39 is 0 Å². The fraction of sp³-hybridized carbons (Fsp3) is 0.263. The standard InChI is InChI=1S/C19H19N3O2/c1-13-3-2-4-16-14(12-20-19(13)16)7-8-22-9-10-24-18-11-15(21-23)5-6-17(18)22/h2-6,11-12,20H,7-10H2,1H3. The molecular formula is C19H19N3O2. The summed E-state index contributed by atoms with van der Waals surface area (Å²) in [5.74, 6) is 0.744. The Labute approximate surface area is 140 Å². The predicted molar refractivity (Wildman–Crippen MR) is 96.3 cm³/mol. The van der Waals surface area contributed by atoms with Gasteiger partial charge in [0.2, 0.25) is 0 Å². The van der Waals surface area contributed by atoms with Crippen molar-refractivity contribution in [2.45, 2.75) is 13.3 Å². The van der Waals surface area contributed by atoms with E-state index in [1.165, 1.54) is 22.0 Å². The molecular weight excluding hydrogens is 302 g/mol. The van der Waals surface area contributed by atoms with E-state index in [0.29, 0.717) is 12.3 Å². The highest BCUT2D eigenvalue weighted by molar-refractivity contribution is 5.85. The minimum Gasteiger partial charge on any atom is -0.489 e. The van der Waals surface area contributed by atoms with Crippen LogP contribution in [0.3, 0.4) is 0 Å². The third kappa shape index (κ3) is 2.52. The Morgan fingerprint density at radius 1 is 1.29 bits per heavy atom. The van der Waals surface area contributed by atoms with E-state index >= 15 is 0 Å². The Balaban J connectivity index is 1.56. The summed E-state index contributed by atoms with van der Waals surface area (Å²) in [5.41, 5.74) is 5.25. The Kier molecular flexibility index (Phi) is 3.69. The molecule has 24 heavy (non-hydrogen) atoms. The quantitative estimate of drug-likeness (QED) is 0.728. The molecule has 1 aliphatic rings. The largest absolute Gasteiger partial charge is 0.489 e. The molecule has 5 heteroatoms. The van der Waals surface area contributed by atoms with Gasteiger partial charge in [0, 0.05) is 29.7 Å². The van der Waals surface area contributed by atoms with Gasteiger partial charge >= 0.3 is 0 Å². The molecule has 4 rings (SSSR count). The summed E-state index contributed by atoms with van der Waals surface area (Å²) >= 11 is 0. The number of aromatic amines is 1. The van der Waals surface area contributed by atoms with Crippen LogP contribution < -0.4 is 9.64 Å². The molecule has 0 radical (unpaired) electrons. The van der Waals surface area contributed by atoms with Gasteiger partial charge in [0.25, 0.3) is 0 Å². The second-order valence-electron chi connectivity index (χ2n) is 6.14. The molecule has 5 nitrogen and oxygen atoms in total. The molecule has 2 heterocycles. The number of fused-ring (bicyclic) bond motifs is 2. The highest BCUT2D eigenvalue weighted by Crippen LogP contribution is 2.35. The van der Waals surface area contributed by atoms with Crippen LogP contribution in [0.15, 0.2) is 47.8 Å². The predicted octanol–water partition coefficient (Wildman–Crippen LogP) is 4.32. The summed E-state index contributed by atoms with van der Waals surface area (Å²) in [6.07, 6.45) is 3.06. The molecule has 122 valence electrons. The minimum absolute atomic E-state index is 0.405. The maximum atomic E-state index is 10.7. The lowest BCUT2D eigenvalue weighted by Crippen LogP contribution is -2.34. The molecule has 0 spiro atoms. The van der Waals surface area contributed by atoms with Crippen LogP contribution in [0.25, 0.3) is 10.9 Å². The molecule has 2 aromatic carbocycles. The van der Waals surface area contributed by atoms with E-state index in [9.17, 15) is 4.91 Å². The van der Waals surface area contributed by atoms with Crippen molar-refractivity contribution in [3.8, 4) is 5.75 Å². The van der Waals surface area contributed by atoms with E-state index in [1.54, 1.807) is 12.1 Å². The van der Waals surface area contributed by atoms with Crippen molar-refractivity contribution >= 4 is 22.3 Å². The molecule has 0 aliphatic carbocycles. The first-order valence-electron chi connectivity index (χ1n) is 8.17. The smallest absolute Gasteiger partial charge is 0.144 e. The van der Waals surface area contributed by atoms with Crippen molar-refractivity contribution in [3.63, 3.8) is 0 Å². The average molecular weight is 321 g/mol. The molecule has 0 amide bonds. The van der Waals surface area contributed by atoms with Crippen LogP contribution in [0.1, 0.15) is 11.1 Å². The van der Waals surface area contributed by atoms with E-state index in [2.05, 4.69) is 46.4 Å². The number of hydrogen-bond donors (Lipinski definition) is 1. The Hall–Kier alpha value is -2.82. The normalized spacial score (nSPS) is 13.6. The molecule has 0 unspecified atom stereocenters. The van der Waals surface area contributed by atoms with Gasteiger partial charge < -0.3 is 14.6 Å². The highest BCUT2D eigenvalue weighted by atomic mass is 16.5. The third-order valence-corrected chi connectivity index (χ3v) is 4.67. The van der Waals surface area contributed by atoms with Crippen molar-refractivity contribution in [2.75, 3.05) is 24.6 Å². The summed E-state index contributed by atoms with van der Waals surface area (Å²) in [6, 6.07) is 11.8. The lowest BCUT2D eigenvalue weighted by Gasteiger charge is -2.31. The van der Waals surface area contributed by atoms with Gasteiger partial charge in [-0.1, -0.05) is 18.2 Å². The zero-order valence-corrected chi connectivity index (χ0v) is 13.6. The number of ether oxygens (including phenoxy) is 1. The van der Waals surface area contributed by atoms with Gasteiger partial charge in [0.15, 0.2) is 0 Å². The maximum absolute atomic E-state index is 10.7. The van der Waals surface area contributed by atoms with Crippen molar-refractivity contribution in [3.05, 3.63) is 58.6 Å². The number of nitroso groups, excluding NO2 is 1. The van der Waals surface area contributed by atoms with Gasteiger partial charge in [-0.3, -0.25) is 0 Å². The summed E-state index contributed by atoms with van der Waals surface area (Å²) < 4.78 is 5.67. The third-order valence-electron chi connectivity index (χ3n) is 4.67. The number of hydrogen-bond acceptors (Lipinski definition) is 4. The van der Waals surface area contributed by atoms with E-state index in [4.69, 9.17) is 4.74 Å². The molecule has 1 aromatic heterocycles. The van der Waals surface area contributed by atoms with Crippen LogP contribution in [0.5, 0.6) is 5.75 Å². The molecule has 0 saturated heterocycles.